The van der Waals surface area contributed by atoms with Crippen molar-refractivity contribution in [2.45, 2.75) is 6.92 Å². The van der Waals surface area contributed by atoms with E-state index >= 15 is 0 Å². The Morgan fingerprint density at radius 2 is 1.69 bits per heavy atom. The van der Waals surface area contributed by atoms with Crippen LogP contribution < -0.4 is 0 Å². The highest BCUT2D eigenvalue weighted by molar-refractivity contribution is 7.18. The highest BCUT2D eigenvalue weighted by atomic mass is 35.5. The predicted molar refractivity (Wildman–Crippen MR) is 107 cm³/mol. The first-order valence-corrected chi connectivity index (χ1v) is 9.47. The van der Waals surface area contributed by atoms with Gasteiger partial charge < -0.3 is 0 Å². The van der Waals surface area contributed by atoms with Gasteiger partial charge in [-0.2, -0.15) is 5.10 Å². The number of thiophene rings is 1. The number of aryl methyl sites for hydroxylation is 1. The minimum atomic E-state index is -0.287. The van der Waals surface area contributed by atoms with Crippen molar-refractivity contribution in [1.29, 1.82) is 0 Å². The normalized spacial score (nSPS) is 11.1. The average Bonchev–Trinajstić information content (AvgIpc) is 3.28. The molecule has 2 aromatic heterocycles. The van der Waals surface area contributed by atoms with Gasteiger partial charge in [0.1, 0.15) is 5.82 Å². The average molecular weight is 403 g/mol. The van der Waals surface area contributed by atoms with Crippen LogP contribution in [0, 0.1) is 12.7 Å². The van der Waals surface area contributed by atoms with E-state index in [9.17, 15) is 4.39 Å². The smallest absolute Gasteiger partial charge is 0.136 e. The van der Waals surface area contributed by atoms with Gasteiger partial charge in [-0.05, 0) is 48.9 Å². The topological polar surface area (TPSA) is 17.8 Å². The van der Waals surface area contributed by atoms with Crippen LogP contribution >= 0.6 is 34.5 Å². The van der Waals surface area contributed by atoms with Gasteiger partial charge in [0, 0.05) is 10.4 Å². The van der Waals surface area contributed by atoms with Gasteiger partial charge >= 0.3 is 0 Å². The molecule has 0 atom stereocenters. The Bertz CT molecular complexity index is 1100. The molecule has 0 aliphatic carbocycles. The molecule has 2 nitrogen and oxygen atoms in total. The van der Waals surface area contributed by atoms with Crippen LogP contribution in [-0.2, 0) is 0 Å². The molecular formula is C20H13Cl2FN2S. The second-order valence-electron chi connectivity index (χ2n) is 5.80. The summed E-state index contributed by atoms with van der Waals surface area (Å²) in [4.78, 5) is 1.73. The lowest BCUT2D eigenvalue weighted by Crippen LogP contribution is -1.98. The van der Waals surface area contributed by atoms with Crippen molar-refractivity contribution in [2.24, 2.45) is 0 Å². The van der Waals surface area contributed by atoms with Crippen molar-refractivity contribution in [2.75, 3.05) is 0 Å². The number of hydrogen-bond donors (Lipinski definition) is 0. The Balaban J connectivity index is 1.81. The van der Waals surface area contributed by atoms with Crippen LogP contribution in [0.15, 0.2) is 60.8 Å². The largest absolute Gasteiger partial charge is 0.231 e. The maximum atomic E-state index is 14.6. The Morgan fingerprint density at radius 1 is 0.923 bits per heavy atom. The summed E-state index contributed by atoms with van der Waals surface area (Å²) in [6.07, 6.45) is 1.72. The molecule has 2 aromatic carbocycles. The highest BCUT2D eigenvalue weighted by Gasteiger charge is 2.17. The molecule has 0 amide bonds. The van der Waals surface area contributed by atoms with Crippen LogP contribution in [0.2, 0.25) is 10.0 Å². The zero-order valence-corrected chi connectivity index (χ0v) is 16.0. The second-order valence-corrected chi connectivity index (χ2v) is 7.70. The first kappa shape index (κ1) is 17.3. The van der Waals surface area contributed by atoms with E-state index in [2.05, 4.69) is 5.10 Å². The lowest BCUT2D eigenvalue weighted by Gasteiger charge is -2.08. The van der Waals surface area contributed by atoms with Gasteiger partial charge in [-0.25, -0.2) is 9.07 Å². The van der Waals surface area contributed by atoms with Crippen molar-refractivity contribution in [3.05, 3.63) is 82.2 Å². The molecule has 0 unspecified atom stereocenters. The maximum Gasteiger partial charge on any atom is 0.136 e. The number of halogens is 3. The molecule has 6 heteroatoms. The summed E-state index contributed by atoms with van der Waals surface area (Å²) in [5.74, 6) is -0.287. The summed E-state index contributed by atoms with van der Waals surface area (Å²) in [6, 6.07) is 16.7. The second kappa shape index (κ2) is 6.88. The fourth-order valence-corrected chi connectivity index (χ4v) is 4.39. The lowest BCUT2D eigenvalue weighted by atomic mass is 10.1. The summed E-state index contributed by atoms with van der Waals surface area (Å²) in [7, 11) is 0. The number of para-hydroxylation sites is 1. The third kappa shape index (κ3) is 2.94. The summed E-state index contributed by atoms with van der Waals surface area (Å²) < 4.78 is 16.4. The number of rotatable bonds is 3. The van der Waals surface area contributed by atoms with Crippen LogP contribution in [-0.4, -0.2) is 9.78 Å². The molecule has 0 spiro atoms. The predicted octanol–water partition coefficient (Wildman–Crippen LogP) is 7.02. The molecule has 26 heavy (non-hydrogen) atoms. The van der Waals surface area contributed by atoms with E-state index < -0.39 is 0 Å². The van der Waals surface area contributed by atoms with Crippen molar-refractivity contribution in [1.82, 2.24) is 9.78 Å². The molecule has 4 aromatic rings. The first-order chi connectivity index (χ1) is 12.6. The van der Waals surface area contributed by atoms with Crippen LogP contribution in [0.4, 0.5) is 4.39 Å². The standard InChI is InChI=1S/C20H13Cl2FN2S/c1-12-6-7-14(22)19(20(12)23)18-9-8-17(26-18)16-10-11-24-25(16)15-5-3-2-4-13(15)21/h2-11H,1H3. The molecule has 0 fully saturated rings. The van der Waals surface area contributed by atoms with Gasteiger partial charge in [-0.3, -0.25) is 0 Å². The molecule has 0 aliphatic heterocycles. The fourth-order valence-electron chi connectivity index (χ4n) is 2.80. The highest BCUT2D eigenvalue weighted by Crippen LogP contribution is 2.40. The van der Waals surface area contributed by atoms with Crippen molar-refractivity contribution in [3.8, 4) is 26.7 Å². The summed E-state index contributed by atoms with van der Waals surface area (Å²) >= 11 is 14.0. The van der Waals surface area contributed by atoms with Gasteiger partial charge in [-0.15, -0.1) is 11.3 Å². The fraction of sp³-hybridized carbons (Fsp3) is 0.0500. The SMILES string of the molecule is Cc1ccc(Cl)c(-c2ccc(-c3ccnn3-c3ccccc3Cl)s2)c1F. The molecule has 130 valence electrons. The molecule has 4 rings (SSSR count). The number of hydrogen-bond acceptors (Lipinski definition) is 2. The van der Waals surface area contributed by atoms with Crippen LogP contribution in [0.25, 0.3) is 26.7 Å². The molecule has 0 aliphatic rings. The third-order valence-corrected chi connectivity index (χ3v) is 5.87. The summed E-state index contributed by atoms with van der Waals surface area (Å²) in [5, 5.41) is 5.41. The number of nitrogens with zero attached hydrogens (tertiary/aromatic N) is 2. The molecule has 0 saturated heterocycles. The van der Waals surface area contributed by atoms with E-state index in [4.69, 9.17) is 23.2 Å². The molecule has 0 N–H and O–H groups in total. The molecule has 2 heterocycles. The van der Waals surface area contributed by atoms with Crippen LogP contribution in [0.1, 0.15) is 5.56 Å². The number of aromatic nitrogens is 2. The lowest BCUT2D eigenvalue weighted by molar-refractivity contribution is 0.622. The van der Waals surface area contributed by atoms with E-state index in [0.29, 0.717) is 21.2 Å². The van der Waals surface area contributed by atoms with E-state index in [1.807, 2.05) is 42.5 Å². The summed E-state index contributed by atoms with van der Waals surface area (Å²) in [6.45, 7) is 1.73. The van der Waals surface area contributed by atoms with Gasteiger partial charge in [0.25, 0.3) is 0 Å². The first-order valence-electron chi connectivity index (χ1n) is 7.90. The van der Waals surface area contributed by atoms with E-state index in [0.717, 1.165) is 21.1 Å². The Labute approximate surface area is 164 Å². The van der Waals surface area contributed by atoms with Gasteiger partial charge in [0.2, 0.25) is 0 Å². The number of benzene rings is 2. The minimum absolute atomic E-state index is 0.287. The minimum Gasteiger partial charge on any atom is -0.231 e. The Morgan fingerprint density at radius 3 is 2.50 bits per heavy atom. The molecular weight excluding hydrogens is 390 g/mol. The van der Waals surface area contributed by atoms with Crippen molar-refractivity contribution < 1.29 is 4.39 Å². The maximum absolute atomic E-state index is 14.6. The van der Waals surface area contributed by atoms with Crippen molar-refractivity contribution >= 4 is 34.5 Å². The third-order valence-electron chi connectivity index (χ3n) is 4.11. The molecule has 0 saturated carbocycles. The Kier molecular flexibility index (Phi) is 4.57. The zero-order chi connectivity index (χ0) is 18.3. The van der Waals surface area contributed by atoms with Gasteiger partial charge in [-0.1, -0.05) is 41.4 Å². The van der Waals surface area contributed by atoms with Gasteiger partial charge in [0.15, 0.2) is 0 Å². The quantitative estimate of drug-likeness (QED) is 0.359. The van der Waals surface area contributed by atoms with E-state index in [1.54, 1.807) is 29.9 Å². The monoisotopic (exact) mass is 402 g/mol. The van der Waals surface area contributed by atoms with Crippen LogP contribution in [0.3, 0.4) is 0 Å². The summed E-state index contributed by atoms with van der Waals surface area (Å²) in [5.41, 5.74) is 2.69. The Hall–Kier alpha value is -2.14. The van der Waals surface area contributed by atoms with Gasteiger partial charge in [0.05, 0.1) is 32.5 Å². The molecule has 0 radical (unpaired) electrons. The van der Waals surface area contributed by atoms with Crippen LogP contribution in [0.5, 0.6) is 0 Å². The van der Waals surface area contributed by atoms with Crippen molar-refractivity contribution in [3.63, 3.8) is 0 Å². The van der Waals surface area contributed by atoms with E-state index in [-0.39, 0.29) is 5.82 Å². The molecule has 0 bridgehead atoms. The van der Waals surface area contributed by atoms with E-state index in [1.165, 1.54) is 11.3 Å². The zero-order valence-electron chi connectivity index (χ0n) is 13.7.